The molecule has 0 aliphatic heterocycles. The third kappa shape index (κ3) is 7.34. The van der Waals surface area contributed by atoms with E-state index in [0.717, 1.165) is 0 Å². The number of amides is 1. The lowest BCUT2D eigenvalue weighted by Crippen LogP contribution is -2.52. The van der Waals surface area contributed by atoms with Crippen LogP contribution in [0.3, 0.4) is 0 Å². The molecule has 0 aliphatic carbocycles. The van der Waals surface area contributed by atoms with Gasteiger partial charge in [0.1, 0.15) is 0 Å². The molecule has 1 amide bonds. The Kier molecular flexibility index (Phi) is 6.72. The minimum absolute atomic E-state index is 0.00101. The summed E-state index contributed by atoms with van der Waals surface area (Å²) in [5.41, 5.74) is -0.211. The molecule has 4 nitrogen and oxygen atoms in total. The van der Waals surface area contributed by atoms with Crippen molar-refractivity contribution in [3.63, 3.8) is 0 Å². The standard InChI is InChI=1S/C13H28N2O2/c1-9(2)11(7-8-16)14-10(3)12(17)15-13(4,5)6/h9-11,14,16H,7-8H2,1-6H3,(H,15,17). The first kappa shape index (κ1) is 16.4. The van der Waals surface area contributed by atoms with E-state index in [9.17, 15) is 4.79 Å². The van der Waals surface area contributed by atoms with Crippen molar-refractivity contribution < 1.29 is 9.90 Å². The van der Waals surface area contributed by atoms with Crippen LogP contribution in [0.2, 0.25) is 0 Å². The number of nitrogens with one attached hydrogen (secondary N) is 2. The van der Waals surface area contributed by atoms with Crippen molar-refractivity contribution >= 4 is 5.91 Å². The van der Waals surface area contributed by atoms with Gasteiger partial charge in [-0.2, -0.15) is 0 Å². The second-order valence-corrected chi connectivity index (χ2v) is 5.99. The van der Waals surface area contributed by atoms with Gasteiger partial charge in [-0.1, -0.05) is 13.8 Å². The lowest BCUT2D eigenvalue weighted by Gasteiger charge is -2.28. The molecular formula is C13H28N2O2. The smallest absolute Gasteiger partial charge is 0.237 e. The molecule has 4 heteroatoms. The van der Waals surface area contributed by atoms with Crippen molar-refractivity contribution in [2.75, 3.05) is 6.61 Å². The van der Waals surface area contributed by atoms with Gasteiger partial charge in [0.25, 0.3) is 0 Å². The van der Waals surface area contributed by atoms with Crippen LogP contribution >= 0.6 is 0 Å². The van der Waals surface area contributed by atoms with Crippen molar-refractivity contribution in [2.45, 2.75) is 65.6 Å². The van der Waals surface area contributed by atoms with E-state index >= 15 is 0 Å². The van der Waals surface area contributed by atoms with Crippen LogP contribution in [0.5, 0.6) is 0 Å². The highest BCUT2D eigenvalue weighted by atomic mass is 16.3. The van der Waals surface area contributed by atoms with Gasteiger partial charge in [0.15, 0.2) is 0 Å². The van der Waals surface area contributed by atoms with E-state index in [2.05, 4.69) is 24.5 Å². The molecule has 0 aromatic rings. The van der Waals surface area contributed by atoms with Gasteiger partial charge in [-0.25, -0.2) is 0 Å². The van der Waals surface area contributed by atoms with Gasteiger partial charge >= 0.3 is 0 Å². The zero-order chi connectivity index (χ0) is 13.6. The van der Waals surface area contributed by atoms with Crippen molar-refractivity contribution in [2.24, 2.45) is 5.92 Å². The fourth-order valence-corrected chi connectivity index (χ4v) is 1.62. The summed E-state index contributed by atoms with van der Waals surface area (Å²) in [6.45, 7) is 12.1. The maximum absolute atomic E-state index is 11.9. The maximum atomic E-state index is 11.9. The first-order valence-electron chi connectivity index (χ1n) is 6.36. The Morgan fingerprint density at radius 2 is 1.76 bits per heavy atom. The zero-order valence-electron chi connectivity index (χ0n) is 12.0. The summed E-state index contributed by atoms with van der Waals surface area (Å²) < 4.78 is 0. The number of rotatable bonds is 6. The van der Waals surface area contributed by atoms with Crippen molar-refractivity contribution in [3.05, 3.63) is 0 Å². The Bertz CT molecular complexity index is 234. The summed E-state index contributed by atoms with van der Waals surface area (Å²) in [5, 5.41) is 15.2. The molecule has 3 N–H and O–H groups in total. The number of aliphatic hydroxyl groups excluding tert-OH is 1. The molecule has 0 aromatic heterocycles. The Labute approximate surface area is 105 Å². The number of hydrogen-bond donors (Lipinski definition) is 3. The van der Waals surface area contributed by atoms with Crippen LogP contribution in [0.15, 0.2) is 0 Å². The van der Waals surface area contributed by atoms with Gasteiger partial charge in [-0.05, 0) is 40.0 Å². The Balaban J connectivity index is 4.30. The van der Waals surface area contributed by atoms with E-state index in [1.54, 1.807) is 0 Å². The van der Waals surface area contributed by atoms with E-state index in [4.69, 9.17) is 5.11 Å². The molecule has 0 saturated heterocycles. The fourth-order valence-electron chi connectivity index (χ4n) is 1.62. The van der Waals surface area contributed by atoms with E-state index in [1.807, 2.05) is 27.7 Å². The van der Waals surface area contributed by atoms with Crippen LogP contribution in [0.4, 0.5) is 0 Å². The van der Waals surface area contributed by atoms with Crippen LogP contribution < -0.4 is 10.6 Å². The molecule has 0 bridgehead atoms. The monoisotopic (exact) mass is 244 g/mol. The van der Waals surface area contributed by atoms with Crippen LogP contribution in [0.1, 0.15) is 48.0 Å². The normalized spacial score (nSPS) is 15.8. The van der Waals surface area contributed by atoms with E-state index in [1.165, 1.54) is 0 Å². The quantitative estimate of drug-likeness (QED) is 0.660. The van der Waals surface area contributed by atoms with Gasteiger partial charge in [0.05, 0.1) is 6.04 Å². The van der Waals surface area contributed by atoms with E-state index in [-0.39, 0.29) is 30.1 Å². The predicted octanol–water partition coefficient (Wildman–Crippen LogP) is 1.29. The third-order valence-electron chi connectivity index (χ3n) is 2.60. The minimum Gasteiger partial charge on any atom is -0.396 e. The summed E-state index contributed by atoms with van der Waals surface area (Å²) in [5.74, 6) is 0.396. The Morgan fingerprint density at radius 1 is 1.24 bits per heavy atom. The second-order valence-electron chi connectivity index (χ2n) is 5.99. The maximum Gasteiger partial charge on any atom is 0.237 e. The van der Waals surface area contributed by atoms with Crippen LogP contribution in [-0.4, -0.2) is 35.2 Å². The molecule has 0 heterocycles. The van der Waals surface area contributed by atoms with Gasteiger partial charge in [-0.3, -0.25) is 4.79 Å². The van der Waals surface area contributed by atoms with Gasteiger partial charge in [0, 0.05) is 18.2 Å². The molecule has 0 fully saturated rings. The van der Waals surface area contributed by atoms with E-state index in [0.29, 0.717) is 12.3 Å². The first-order valence-corrected chi connectivity index (χ1v) is 6.36. The summed E-state index contributed by atoms with van der Waals surface area (Å²) in [6, 6.07) is -0.0751. The van der Waals surface area contributed by atoms with E-state index < -0.39 is 0 Å². The Morgan fingerprint density at radius 3 is 2.12 bits per heavy atom. The molecule has 0 aliphatic rings. The second kappa shape index (κ2) is 6.97. The topological polar surface area (TPSA) is 61.4 Å². The molecule has 102 valence electrons. The summed E-state index contributed by atoms with van der Waals surface area (Å²) in [7, 11) is 0. The van der Waals surface area contributed by atoms with Crippen LogP contribution in [-0.2, 0) is 4.79 Å². The number of hydrogen-bond acceptors (Lipinski definition) is 3. The van der Waals surface area contributed by atoms with Crippen LogP contribution in [0, 0.1) is 5.92 Å². The van der Waals surface area contributed by atoms with Crippen LogP contribution in [0.25, 0.3) is 0 Å². The number of aliphatic hydroxyl groups is 1. The average molecular weight is 244 g/mol. The Hall–Kier alpha value is -0.610. The average Bonchev–Trinajstić information content (AvgIpc) is 2.13. The summed E-state index contributed by atoms with van der Waals surface area (Å²) >= 11 is 0. The summed E-state index contributed by atoms with van der Waals surface area (Å²) in [4.78, 5) is 11.9. The van der Waals surface area contributed by atoms with Gasteiger partial charge < -0.3 is 15.7 Å². The third-order valence-corrected chi connectivity index (χ3v) is 2.60. The molecule has 0 radical (unpaired) electrons. The fraction of sp³-hybridized carbons (Fsp3) is 0.923. The molecule has 2 atom stereocenters. The lowest BCUT2D eigenvalue weighted by atomic mass is 10.00. The molecule has 0 rings (SSSR count). The molecule has 2 unspecified atom stereocenters. The highest BCUT2D eigenvalue weighted by molar-refractivity contribution is 5.81. The number of carbonyl (C=O) groups is 1. The van der Waals surface area contributed by atoms with Gasteiger partial charge in [-0.15, -0.1) is 0 Å². The summed E-state index contributed by atoms with van der Waals surface area (Å²) in [6.07, 6.45) is 0.671. The highest BCUT2D eigenvalue weighted by Crippen LogP contribution is 2.07. The molecular weight excluding hydrogens is 216 g/mol. The highest BCUT2D eigenvalue weighted by Gasteiger charge is 2.22. The number of carbonyl (C=O) groups excluding carboxylic acids is 1. The largest absolute Gasteiger partial charge is 0.396 e. The molecule has 0 saturated carbocycles. The molecule has 0 aromatic carbocycles. The molecule has 0 spiro atoms. The predicted molar refractivity (Wildman–Crippen MR) is 70.8 cm³/mol. The minimum atomic E-state index is -0.242. The van der Waals surface area contributed by atoms with Crippen molar-refractivity contribution in [3.8, 4) is 0 Å². The first-order chi connectivity index (χ1) is 7.67. The van der Waals surface area contributed by atoms with Crippen molar-refractivity contribution in [1.29, 1.82) is 0 Å². The van der Waals surface area contributed by atoms with Crippen molar-refractivity contribution in [1.82, 2.24) is 10.6 Å². The zero-order valence-corrected chi connectivity index (χ0v) is 12.0. The SMILES string of the molecule is CC(NC(CCO)C(C)C)C(=O)NC(C)(C)C. The molecule has 17 heavy (non-hydrogen) atoms. The lowest BCUT2D eigenvalue weighted by molar-refractivity contribution is -0.124. The van der Waals surface area contributed by atoms with Gasteiger partial charge in [0.2, 0.25) is 5.91 Å².